The molecular formula is C25H26N2O4. The number of nitrogens with zero attached hydrogens (tertiary/aromatic N) is 1. The Labute approximate surface area is 181 Å². The monoisotopic (exact) mass is 418 g/mol. The molecule has 31 heavy (non-hydrogen) atoms. The number of hydrogen-bond acceptors (Lipinski definition) is 5. The molecule has 1 fully saturated rings. The quantitative estimate of drug-likeness (QED) is 0.558. The van der Waals surface area contributed by atoms with Gasteiger partial charge < -0.3 is 19.4 Å². The molecule has 6 nitrogen and oxygen atoms in total. The van der Waals surface area contributed by atoms with Crippen molar-refractivity contribution in [3.63, 3.8) is 0 Å². The summed E-state index contributed by atoms with van der Waals surface area (Å²) >= 11 is 0. The highest BCUT2D eigenvalue weighted by molar-refractivity contribution is 5.97. The molecule has 4 rings (SSSR count). The third kappa shape index (κ3) is 5.15. The molecule has 1 N–H and O–H groups in total. The Morgan fingerprint density at radius 2 is 1.68 bits per heavy atom. The molecule has 160 valence electrons. The first-order chi connectivity index (χ1) is 15.2. The van der Waals surface area contributed by atoms with Gasteiger partial charge in [0, 0.05) is 24.3 Å². The summed E-state index contributed by atoms with van der Waals surface area (Å²) in [5, 5.41) is 3.21. The van der Waals surface area contributed by atoms with Gasteiger partial charge in [-0.3, -0.25) is 4.79 Å². The number of likely N-dealkylation sites (tertiary alicyclic amines) is 1. The van der Waals surface area contributed by atoms with E-state index in [9.17, 15) is 9.59 Å². The Hall–Kier alpha value is -3.54. The molecule has 0 saturated carbocycles. The minimum atomic E-state index is -0.968. The molecule has 0 spiro atoms. The number of furan rings is 1. The van der Waals surface area contributed by atoms with Crippen LogP contribution in [0.1, 0.15) is 47.0 Å². The van der Waals surface area contributed by atoms with Gasteiger partial charge in [0.25, 0.3) is 5.91 Å². The van der Waals surface area contributed by atoms with E-state index in [1.807, 2.05) is 54.6 Å². The smallest absolute Gasteiger partial charge is 0.341 e. The molecule has 3 aromatic rings. The summed E-state index contributed by atoms with van der Waals surface area (Å²) in [5.74, 6) is 0.0487. The van der Waals surface area contributed by atoms with Crippen LogP contribution in [-0.2, 0) is 16.1 Å². The van der Waals surface area contributed by atoms with Crippen molar-refractivity contribution in [2.24, 2.45) is 0 Å². The second-order valence-electron chi connectivity index (χ2n) is 7.56. The Bertz CT molecular complexity index is 995. The highest BCUT2D eigenvalue weighted by atomic mass is 16.5. The topological polar surface area (TPSA) is 71.8 Å². The van der Waals surface area contributed by atoms with Crippen molar-refractivity contribution >= 4 is 17.6 Å². The Morgan fingerprint density at radius 3 is 2.42 bits per heavy atom. The zero-order chi connectivity index (χ0) is 21.5. The van der Waals surface area contributed by atoms with Gasteiger partial charge in [-0.1, -0.05) is 42.5 Å². The predicted molar refractivity (Wildman–Crippen MR) is 118 cm³/mol. The molecule has 1 saturated heterocycles. The number of benzene rings is 2. The van der Waals surface area contributed by atoms with Gasteiger partial charge in [0.1, 0.15) is 5.76 Å². The number of rotatable bonds is 7. The maximum Gasteiger partial charge on any atom is 0.341 e. The second-order valence-corrected chi connectivity index (χ2v) is 7.56. The molecule has 0 radical (unpaired) electrons. The molecule has 2 aromatic carbocycles. The molecule has 1 aromatic heterocycles. The van der Waals surface area contributed by atoms with Crippen molar-refractivity contribution in [1.29, 1.82) is 0 Å². The highest BCUT2D eigenvalue weighted by Gasteiger charge is 2.31. The first-order valence-electron chi connectivity index (χ1n) is 10.6. The van der Waals surface area contributed by atoms with E-state index in [0.717, 1.165) is 25.0 Å². The maximum absolute atomic E-state index is 13.3. The van der Waals surface area contributed by atoms with Crippen LogP contribution in [0.25, 0.3) is 0 Å². The number of anilines is 1. The number of amides is 1. The fourth-order valence-corrected chi connectivity index (χ4v) is 3.75. The largest absolute Gasteiger partial charge is 0.467 e. The lowest BCUT2D eigenvalue weighted by molar-refractivity contribution is -0.142. The number of nitrogens with one attached hydrogen (secondary N) is 1. The first kappa shape index (κ1) is 20.7. The summed E-state index contributed by atoms with van der Waals surface area (Å²) in [7, 11) is 0. The Balaban J connectivity index is 1.54. The number of esters is 1. The third-order valence-electron chi connectivity index (χ3n) is 5.40. The molecular weight excluding hydrogens is 392 g/mol. The summed E-state index contributed by atoms with van der Waals surface area (Å²) in [6.07, 6.45) is 3.70. The van der Waals surface area contributed by atoms with E-state index in [-0.39, 0.29) is 5.91 Å². The second kappa shape index (κ2) is 9.98. The molecule has 0 unspecified atom stereocenters. The lowest BCUT2D eigenvalue weighted by atomic mass is 10.1. The summed E-state index contributed by atoms with van der Waals surface area (Å²) in [6.45, 7) is 1.83. The van der Waals surface area contributed by atoms with Crippen molar-refractivity contribution < 1.29 is 18.7 Å². The molecule has 0 aliphatic carbocycles. The van der Waals surface area contributed by atoms with Gasteiger partial charge in [0.05, 0.1) is 18.4 Å². The van der Waals surface area contributed by atoms with Crippen LogP contribution in [-0.4, -0.2) is 29.9 Å². The molecule has 2 heterocycles. The molecule has 1 aliphatic heterocycles. The van der Waals surface area contributed by atoms with Crippen molar-refractivity contribution in [3.8, 4) is 0 Å². The van der Waals surface area contributed by atoms with Crippen molar-refractivity contribution in [2.45, 2.75) is 31.9 Å². The Morgan fingerprint density at radius 1 is 0.935 bits per heavy atom. The van der Waals surface area contributed by atoms with Crippen molar-refractivity contribution in [3.05, 3.63) is 89.9 Å². The molecule has 1 amide bonds. The molecule has 1 aliphatic rings. The van der Waals surface area contributed by atoms with E-state index in [0.29, 0.717) is 36.4 Å². The van der Waals surface area contributed by atoms with Crippen LogP contribution < -0.4 is 5.32 Å². The maximum atomic E-state index is 13.3. The van der Waals surface area contributed by atoms with Crippen LogP contribution in [0, 0.1) is 0 Å². The average molecular weight is 418 g/mol. The fourth-order valence-electron chi connectivity index (χ4n) is 3.75. The summed E-state index contributed by atoms with van der Waals surface area (Å²) in [4.78, 5) is 28.2. The van der Waals surface area contributed by atoms with Gasteiger partial charge in [0.15, 0.2) is 0 Å². The fraction of sp³-hybridized carbons (Fsp3) is 0.280. The molecule has 6 heteroatoms. The van der Waals surface area contributed by atoms with Gasteiger partial charge in [-0.25, -0.2) is 4.79 Å². The number of para-hydroxylation sites is 1. The number of piperidine rings is 1. The molecule has 0 bridgehead atoms. The Kier molecular flexibility index (Phi) is 6.67. The SMILES string of the molecule is O=C(O[C@H](C(=O)N1CCCCC1)c1ccccc1)c1ccccc1NCc1ccco1. The van der Waals surface area contributed by atoms with Crippen molar-refractivity contribution in [1.82, 2.24) is 4.90 Å². The summed E-state index contributed by atoms with van der Waals surface area (Å²) in [6, 6.07) is 20.0. The van der Waals surface area contributed by atoms with Gasteiger partial charge in [-0.2, -0.15) is 0 Å². The van der Waals surface area contributed by atoms with E-state index in [4.69, 9.17) is 9.15 Å². The minimum absolute atomic E-state index is 0.166. The van der Waals surface area contributed by atoms with Crippen LogP contribution >= 0.6 is 0 Å². The van der Waals surface area contributed by atoms with Crippen molar-refractivity contribution in [2.75, 3.05) is 18.4 Å². The number of ether oxygens (including phenoxy) is 1. The van der Waals surface area contributed by atoms with Crippen LogP contribution in [0.2, 0.25) is 0 Å². The van der Waals surface area contributed by atoms with Crippen LogP contribution in [0.15, 0.2) is 77.4 Å². The number of carbonyl (C=O) groups is 2. The lowest BCUT2D eigenvalue weighted by Gasteiger charge is -2.30. The van der Waals surface area contributed by atoms with E-state index in [1.54, 1.807) is 23.3 Å². The first-order valence-corrected chi connectivity index (χ1v) is 10.6. The zero-order valence-electron chi connectivity index (χ0n) is 17.3. The number of hydrogen-bond donors (Lipinski definition) is 1. The van der Waals surface area contributed by atoms with Gasteiger partial charge in [-0.15, -0.1) is 0 Å². The standard InChI is InChI=1S/C25H26N2O4/c28-24(27-15-7-2-8-16-27)23(19-10-3-1-4-11-19)31-25(29)21-13-5-6-14-22(21)26-18-20-12-9-17-30-20/h1,3-6,9-14,17,23,26H,2,7-8,15-16,18H2/t23-/m0/s1. The third-order valence-corrected chi connectivity index (χ3v) is 5.40. The normalized spacial score (nSPS) is 14.6. The van der Waals surface area contributed by atoms with E-state index < -0.39 is 12.1 Å². The summed E-state index contributed by atoms with van der Waals surface area (Å²) in [5.41, 5.74) is 1.68. The zero-order valence-corrected chi connectivity index (χ0v) is 17.3. The van der Waals surface area contributed by atoms with Crippen LogP contribution in [0.3, 0.4) is 0 Å². The average Bonchev–Trinajstić information content (AvgIpc) is 3.36. The highest BCUT2D eigenvalue weighted by Crippen LogP contribution is 2.26. The number of carbonyl (C=O) groups excluding carboxylic acids is 2. The van der Waals surface area contributed by atoms with E-state index in [1.165, 1.54) is 0 Å². The van der Waals surface area contributed by atoms with E-state index in [2.05, 4.69) is 5.32 Å². The summed E-state index contributed by atoms with van der Waals surface area (Å²) < 4.78 is 11.2. The van der Waals surface area contributed by atoms with Gasteiger partial charge in [-0.05, 0) is 43.5 Å². The van der Waals surface area contributed by atoms with Crippen LogP contribution in [0.5, 0.6) is 0 Å². The van der Waals surface area contributed by atoms with Gasteiger partial charge >= 0.3 is 5.97 Å². The minimum Gasteiger partial charge on any atom is -0.467 e. The van der Waals surface area contributed by atoms with E-state index >= 15 is 0 Å². The van der Waals surface area contributed by atoms with Gasteiger partial charge in [0.2, 0.25) is 6.10 Å². The molecule has 1 atom stereocenters. The van der Waals surface area contributed by atoms with Crippen LogP contribution in [0.4, 0.5) is 5.69 Å². The predicted octanol–water partition coefficient (Wildman–Crippen LogP) is 4.80. The lowest BCUT2D eigenvalue weighted by Crippen LogP contribution is -2.40.